The van der Waals surface area contributed by atoms with E-state index in [-0.39, 0.29) is 10.7 Å². The van der Waals surface area contributed by atoms with Gasteiger partial charge in [-0.3, -0.25) is 4.79 Å². The molecule has 0 radical (unpaired) electrons. The first-order chi connectivity index (χ1) is 8.46. The number of hydrogen-bond acceptors (Lipinski definition) is 2. The molecule has 0 unspecified atom stereocenters. The molecule has 0 aliphatic rings. The van der Waals surface area contributed by atoms with Crippen LogP contribution in [-0.4, -0.2) is 11.4 Å². The van der Waals surface area contributed by atoms with E-state index in [2.05, 4.69) is 5.32 Å². The Morgan fingerprint density at radius 3 is 2.21 bits per heavy atom. The van der Waals surface area contributed by atoms with E-state index in [9.17, 15) is 13.6 Å². The molecule has 0 saturated carbocycles. The molecule has 0 aliphatic heterocycles. The molecular weight excluding hydrogens is 274 g/mol. The third-order valence-corrected chi connectivity index (χ3v) is 3.72. The van der Waals surface area contributed by atoms with Gasteiger partial charge in [-0.2, -0.15) is 0 Å². The fourth-order valence-electron chi connectivity index (χ4n) is 1.22. The quantitative estimate of drug-likeness (QED) is 0.897. The van der Waals surface area contributed by atoms with Gasteiger partial charge in [0.05, 0.1) is 16.1 Å². The average molecular weight is 291 g/mol. The number of amides is 1. The van der Waals surface area contributed by atoms with Gasteiger partial charge in [0.15, 0.2) is 5.82 Å². The van der Waals surface area contributed by atoms with Crippen LogP contribution in [0.1, 0.15) is 27.7 Å². The van der Waals surface area contributed by atoms with Crippen molar-refractivity contribution in [2.24, 2.45) is 11.1 Å². The summed E-state index contributed by atoms with van der Waals surface area (Å²) in [6.45, 7) is 6.65. The summed E-state index contributed by atoms with van der Waals surface area (Å²) in [7, 11) is 0. The van der Waals surface area contributed by atoms with Crippen LogP contribution in [0.15, 0.2) is 12.1 Å². The molecule has 1 amide bonds. The van der Waals surface area contributed by atoms with Crippen LogP contribution in [-0.2, 0) is 4.79 Å². The first-order valence-electron chi connectivity index (χ1n) is 5.71. The summed E-state index contributed by atoms with van der Waals surface area (Å²) >= 11 is 5.72. The number of carbonyl (C=O) groups excluding carboxylic acids is 1. The Kier molecular flexibility index (Phi) is 4.22. The van der Waals surface area contributed by atoms with Gasteiger partial charge in [0.2, 0.25) is 5.91 Å². The smallest absolute Gasteiger partial charge is 0.231 e. The summed E-state index contributed by atoms with van der Waals surface area (Å²) in [5, 5.41) is 2.16. The lowest BCUT2D eigenvalue weighted by Gasteiger charge is -2.36. The molecule has 0 aromatic heterocycles. The van der Waals surface area contributed by atoms with Crippen molar-refractivity contribution >= 4 is 23.2 Å². The minimum atomic E-state index is -0.961. The number of benzene rings is 1. The Morgan fingerprint density at radius 2 is 1.79 bits per heavy atom. The van der Waals surface area contributed by atoms with Gasteiger partial charge in [-0.25, -0.2) is 8.78 Å². The highest BCUT2D eigenvalue weighted by molar-refractivity contribution is 6.33. The molecule has 0 saturated heterocycles. The van der Waals surface area contributed by atoms with Crippen LogP contribution in [0.3, 0.4) is 0 Å². The fourth-order valence-corrected chi connectivity index (χ4v) is 1.47. The van der Waals surface area contributed by atoms with Crippen LogP contribution >= 0.6 is 11.6 Å². The zero-order valence-electron chi connectivity index (χ0n) is 11.3. The minimum absolute atomic E-state index is 0.198. The molecule has 0 spiro atoms. The molecule has 0 bridgehead atoms. The molecule has 3 N–H and O–H groups in total. The molecule has 3 nitrogen and oxygen atoms in total. The van der Waals surface area contributed by atoms with Crippen molar-refractivity contribution in [3.8, 4) is 0 Å². The van der Waals surface area contributed by atoms with Gasteiger partial charge in [0, 0.05) is 11.6 Å². The summed E-state index contributed by atoms with van der Waals surface area (Å²) in [6, 6.07) is 1.59. The fraction of sp³-hybridized carbons (Fsp3) is 0.462. The Bertz CT molecular complexity index is 487. The predicted octanol–water partition coefficient (Wildman–Crippen LogP) is 3.32. The molecule has 1 rings (SSSR count). The molecule has 6 heteroatoms. The van der Waals surface area contributed by atoms with Gasteiger partial charge in [-0.1, -0.05) is 11.6 Å². The van der Waals surface area contributed by atoms with Crippen LogP contribution in [0.4, 0.5) is 14.5 Å². The van der Waals surface area contributed by atoms with Gasteiger partial charge in [-0.15, -0.1) is 0 Å². The molecule has 0 heterocycles. The summed E-state index contributed by atoms with van der Waals surface area (Å²) in [5.41, 5.74) is 3.89. The van der Waals surface area contributed by atoms with E-state index in [1.54, 1.807) is 27.7 Å². The van der Waals surface area contributed by atoms with Crippen molar-refractivity contribution < 1.29 is 13.6 Å². The zero-order chi connectivity index (χ0) is 15.0. The zero-order valence-corrected chi connectivity index (χ0v) is 12.0. The average Bonchev–Trinajstić information content (AvgIpc) is 2.21. The summed E-state index contributed by atoms with van der Waals surface area (Å²) in [5.74, 6) is -2.23. The first-order valence-corrected chi connectivity index (χ1v) is 6.09. The second-order valence-corrected chi connectivity index (χ2v) is 5.95. The monoisotopic (exact) mass is 290 g/mol. The van der Waals surface area contributed by atoms with Gasteiger partial charge in [-0.05, 0) is 33.8 Å². The number of anilines is 1. The number of hydrogen-bond donors (Lipinski definition) is 2. The topological polar surface area (TPSA) is 55.1 Å². The molecule has 0 fully saturated rings. The van der Waals surface area contributed by atoms with Crippen molar-refractivity contribution in [2.45, 2.75) is 33.2 Å². The largest absolute Gasteiger partial charge is 0.325 e. The number of nitrogens with one attached hydrogen (secondary N) is 1. The van der Waals surface area contributed by atoms with Gasteiger partial charge < -0.3 is 11.1 Å². The molecule has 0 aliphatic carbocycles. The molecule has 1 aromatic carbocycles. The number of rotatable bonds is 3. The van der Waals surface area contributed by atoms with Crippen LogP contribution in [0.25, 0.3) is 0 Å². The van der Waals surface area contributed by atoms with Crippen molar-refractivity contribution in [3.63, 3.8) is 0 Å². The van der Waals surface area contributed by atoms with Crippen molar-refractivity contribution in [1.29, 1.82) is 0 Å². The maximum Gasteiger partial charge on any atom is 0.231 e. The molecule has 1 aromatic rings. The third kappa shape index (κ3) is 3.22. The maximum atomic E-state index is 13.6. The molecule has 19 heavy (non-hydrogen) atoms. The Hall–Kier alpha value is -1.20. The van der Waals surface area contributed by atoms with Gasteiger partial charge >= 0.3 is 0 Å². The highest BCUT2D eigenvalue weighted by atomic mass is 35.5. The van der Waals surface area contributed by atoms with Crippen molar-refractivity contribution in [2.75, 3.05) is 5.32 Å². The minimum Gasteiger partial charge on any atom is -0.325 e. The van der Waals surface area contributed by atoms with Crippen molar-refractivity contribution in [1.82, 2.24) is 0 Å². The highest BCUT2D eigenvalue weighted by Gasteiger charge is 2.40. The lowest BCUT2D eigenvalue weighted by molar-refractivity contribution is -0.126. The van der Waals surface area contributed by atoms with Crippen molar-refractivity contribution in [3.05, 3.63) is 28.8 Å². The van der Waals surface area contributed by atoms with Crippen LogP contribution in [0.2, 0.25) is 5.02 Å². The normalized spacial score (nSPS) is 12.4. The number of carbonyl (C=O) groups is 1. The number of halogens is 3. The van der Waals surface area contributed by atoms with Crippen LogP contribution in [0, 0.1) is 17.0 Å². The SMILES string of the molecule is CC(C)(N)C(C)(C)C(=O)Nc1c(F)cc(F)cc1Cl. The Morgan fingerprint density at radius 1 is 1.26 bits per heavy atom. The van der Waals surface area contributed by atoms with Gasteiger partial charge in [0.25, 0.3) is 0 Å². The van der Waals surface area contributed by atoms with E-state index >= 15 is 0 Å². The summed E-state index contributed by atoms with van der Waals surface area (Å²) < 4.78 is 26.5. The van der Waals surface area contributed by atoms with Crippen LogP contribution < -0.4 is 11.1 Å². The van der Waals surface area contributed by atoms with E-state index in [0.717, 1.165) is 6.07 Å². The van der Waals surface area contributed by atoms with E-state index in [1.165, 1.54) is 0 Å². The second kappa shape index (κ2) is 5.06. The Balaban J connectivity index is 3.08. The predicted molar refractivity (Wildman–Crippen MR) is 72.0 cm³/mol. The first kappa shape index (κ1) is 15.9. The standard InChI is InChI=1S/C13H17ClF2N2O/c1-12(2,13(3,4)17)11(19)18-10-8(14)5-7(15)6-9(10)16/h5-6H,17H2,1-4H3,(H,18,19). The third-order valence-electron chi connectivity index (χ3n) is 3.42. The second-order valence-electron chi connectivity index (χ2n) is 5.55. The Labute approximate surface area is 116 Å². The summed E-state index contributed by atoms with van der Waals surface area (Å²) in [4.78, 5) is 12.2. The maximum absolute atomic E-state index is 13.6. The molecule has 106 valence electrons. The molecular formula is C13H17ClF2N2O. The van der Waals surface area contributed by atoms with E-state index in [0.29, 0.717) is 6.07 Å². The number of nitrogens with two attached hydrogens (primary N) is 1. The van der Waals surface area contributed by atoms with E-state index < -0.39 is 28.5 Å². The van der Waals surface area contributed by atoms with E-state index in [4.69, 9.17) is 17.3 Å². The summed E-state index contributed by atoms with van der Waals surface area (Å²) in [6.07, 6.45) is 0. The molecule has 0 atom stereocenters. The highest BCUT2D eigenvalue weighted by Crippen LogP contribution is 2.32. The lowest BCUT2D eigenvalue weighted by Crippen LogP contribution is -2.53. The van der Waals surface area contributed by atoms with E-state index in [1.807, 2.05) is 0 Å². The lowest BCUT2D eigenvalue weighted by atomic mass is 9.74. The van der Waals surface area contributed by atoms with Crippen LogP contribution in [0.5, 0.6) is 0 Å². The van der Waals surface area contributed by atoms with Gasteiger partial charge in [0.1, 0.15) is 5.82 Å².